The summed E-state index contributed by atoms with van der Waals surface area (Å²) in [6, 6.07) is 1.32. The van der Waals surface area contributed by atoms with E-state index >= 15 is 0 Å². The van der Waals surface area contributed by atoms with Crippen molar-refractivity contribution in [2.24, 2.45) is 5.92 Å². The molecule has 2 atom stereocenters. The Morgan fingerprint density at radius 3 is 2.92 bits per heavy atom. The lowest BCUT2D eigenvalue weighted by molar-refractivity contribution is 0.150. The van der Waals surface area contributed by atoms with Crippen LogP contribution in [0, 0.1) is 18.3 Å². The highest BCUT2D eigenvalue weighted by atomic mass is 15.2. The van der Waals surface area contributed by atoms with Crippen LogP contribution in [0.2, 0.25) is 0 Å². The van der Waals surface area contributed by atoms with Gasteiger partial charge in [0.25, 0.3) is 0 Å². The van der Waals surface area contributed by atoms with Crippen LogP contribution in [0.25, 0.3) is 0 Å². The van der Waals surface area contributed by atoms with Crippen LogP contribution in [0.3, 0.4) is 0 Å². The third-order valence-corrected chi connectivity index (χ3v) is 3.22. The first kappa shape index (κ1) is 9.05. The largest absolute Gasteiger partial charge is 0.311 e. The van der Waals surface area contributed by atoms with Gasteiger partial charge >= 0.3 is 0 Å². The third-order valence-electron chi connectivity index (χ3n) is 3.22. The molecule has 2 fully saturated rings. The van der Waals surface area contributed by atoms with Gasteiger partial charge < -0.3 is 5.32 Å². The number of terminal acetylenes is 1. The number of rotatable bonds is 2. The van der Waals surface area contributed by atoms with E-state index in [1.807, 2.05) is 0 Å². The van der Waals surface area contributed by atoms with Crippen molar-refractivity contribution in [3.05, 3.63) is 0 Å². The summed E-state index contributed by atoms with van der Waals surface area (Å²) in [5.74, 6) is 3.68. The molecule has 0 aromatic carbocycles. The van der Waals surface area contributed by atoms with Crippen molar-refractivity contribution in [3.8, 4) is 12.3 Å². The van der Waals surface area contributed by atoms with E-state index in [2.05, 4.69) is 23.1 Å². The van der Waals surface area contributed by atoms with Crippen molar-refractivity contribution < 1.29 is 0 Å². The third kappa shape index (κ3) is 2.04. The van der Waals surface area contributed by atoms with Crippen LogP contribution in [0.1, 0.15) is 19.8 Å². The van der Waals surface area contributed by atoms with E-state index in [0.717, 1.165) is 25.6 Å². The fraction of sp³-hybridized carbons (Fsp3) is 0.818. The summed E-state index contributed by atoms with van der Waals surface area (Å²) in [6.45, 7) is 5.30. The Morgan fingerprint density at radius 2 is 2.31 bits per heavy atom. The monoisotopic (exact) mass is 178 g/mol. The predicted molar refractivity (Wildman–Crippen MR) is 54.4 cm³/mol. The van der Waals surface area contributed by atoms with Crippen LogP contribution >= 0.6 is 0 Å². The van der Waals surface area contributed by atoms with Crippen molar-refractivity contribution in [2.45, 2.75) is 31.8 Å². The van der Waals surface area contributed by atoms with Gasteiger partial charge in [0.05, 0.1) is 6.54 Å². The summed E-state index contributed by atoms with van der Waals surface area (Å²) < 4.78 is 0. The Bertz CT molecular complexity index is 215. The minimum Gasteiger partial charge on any atom is -0.311 e. The van der Waals surface area contributed by atoms with Crippen molar-refractivity contribution in [1.29, 1.82) is 0 Å². The van der Waals surface area contributed by atoms with Gasteiger partial charge in [0, 0.05) is 25.2 Å². The smallest absolute Gasteiger partial charge is 0.0602 e. The van der Waals surface area contributed by atoms with E-state index in [0.29, 0.717) is 12.1 Å². The molecule has 0 aromatic heterocycles. The lowest BCUT2D eigenvalue weighted by Crippen LogP contribution is -2.56. The molecular formula is C11H18N2. The molecular weight excluding hydrogens is 160 g/mol. The minimum atomic E-state index is 0.603. The van der Waals surface area contributed by atoms with Gasteiger partial charge in [-0.25, -0.2) is 0 Å². The second-order valence-electron chi connectivity index (χ2n) is 4.33. The highest BCUT2D eigenvalue weighted by molar-refractivity contribution is 4.97. The van der Waals surface area contributed by atoms with Gasteiger partial charge in [-0.3, -0.25) is 4.90 Å². The lowest BCUT2D eigenvalue weighted by Gasteiger charge is -2.37. The second-order valence-corrected chi connectivity index (χ2v) is 4.33. The highest BCUT2D eigenvalue weighted by Crippen LogP contribution is 2.34. The molecule has 1 saturated carbocycles. The van der Waals surface area contributed by atoms with Gasteiger partial charge in [-0.1, -0.05) is 5.92 Å². The normalized spacial score (nSPS) is 35.7. The van der Waals surface area contributed by atoms with Gasteiger partial charge in [-0.15, -0.1) is 6.42 Å². The Morgan fingerprint density at radius 1 is 1.54 bits per heavy atom. The summed E-state index contributed by atoms with van der Waals surface area (Å²) in [7, 11) is 0. The van der Waals surface area contributed by atoms with Gasteiger partial charge in [0.1, 0.15) is 0 Å². The quantitative estimate of drug-likeness (QED) is 0.626. The molecule has 1 saturated heterocycles. The molecule has 1 aliphatic heterocycles. The molecule has 1 heterocycles. The molecule has 2 heteroatoms. The van der Waals surface area contributed by atoms with E-state index in [1.54, 1.807) is 0 Å². The van der Waals surface area contributed by atoms with E-state index < -0.39 is 0 Å². The maximum absolute atomic E-state index is 5.35. The topological polar surface area (TPSA) is 15.3 Å². The van der Waals surface area contributed by atoms with Crippen LogP contribution in [0.4, 0.5) is 0 Å². The number of nitrogens with zero attached hydrogens (tertiary/aromatic N) is 1. The van der Waals surface area contributed by atoms with Crippen molar-refractivity contribution >= 4 is 0 Å². The maximum Gasteiger partial charge on any atom is 0.0602 e. The van der Waals surface area contributed by atoms with E-state index in [4.69, 9.17) is 6.42 Å². The number of hydrogen-bond donors (Lipinski definition) is 1. The summed E-state index contributed by atoms with van der Waals surface area (Å²) in [6.07, 6.45) is 8.17. The average molecular weight is 178 g/mol. The molecule has 0 spiro atoms. The van der Waals surface area contributed by atoms with Crippen LogP contribution in [-0.4, -0.2) is 36.6 Å². The zero-order valence-corrected chi connectivity index (χ0v) is 8.29. The predicted octanol–water partition coefficient (Wildman–Crippen LogP) is 0.692. The Hall–Kier alpha value is -0.520. The number of nitrogens with one attached hydrogen (secondary N) is 1. The molecule has 0 aromatic rings. The molecule has 2 nitrogen and oxygen atoms in total. The summed E-state index contributed by atoms with van der Waals surface area (Å²) in [5, 5.41) is 3.61. The Labute approximate surface area is 80.7 Å². The van der Waals surface area contributed by atoms with Crippen LogP contribution < -0.4 is 5.32 Å². The first-order chi connectivity index (χ1) is 6.31. The van der Waals surface area contributed by atoms with E-state index in [1.165, 1.54) is 12.8 Å². The Balaban J connectivity index is 1.89. The van der Waals surface area contributed by atoms with Gasteiger partial charge in [0.15, 0.2) is 0 Å². The highest BCUT2D eigenvalue weighted by Gasteiger charge is 2.35. The van der Waals surface area contributed by atoms with Crippen molar-refractivity contribution in [1.82, 2.24) is 10.2 Å². The molecule has 2 unspecified atom stereocenters. The summed E-state index contributed by atoms with van der Waals surface area (Å²) in [5.41, 5.74) is 0. The first-order valence-corrected chi connectivity index (χ1v) is 5.22. The fourth-order valence-electron chi connectivity index (χ4n) is 2.10. The maximum atomic E-state index is 5.35. The molecule has 0 radical (unpaired) electrons. The zero-order chi connectivity index (χ0) is 9.26. The van der Waals surface area contributed by atoms with Crippen LogP contribution in [-0.2, 0) is 0 Å². The standard InChI is InChI=1S/C11H18N2/c1-3-6-13-8-11(10-4-5-10)12-7-9(13)2/h1,9-12H,4-8H2,2H3. The van der Waals surface area contributed by atoms with Crippen molar-refractivity contribution in [2.75, 3.05) is 19.6 Å². The molecule has 72 valence electrons. The lowest BCUT2D eigenvalue weighted by atomic mass is 10.1. The van der Waals surface area contributed by atoms with Crippen molar-refractivity contribution in [3.63, 3.8) is 0 Å². The molecule has 2 aliphatic rings. The molecule has 0 bridgehead atoms. The van der Waals surface area contributed by atoms with Gasteiger partial charge in [-0.2, -0.15) is 0 Å². The second kappa shape index (κ2) is 3.69. The first-order valence-electron chi connectivity index (χ1n) is 5.22. The van der Waals surface area contributed by atoms with E-state index in [9.17, 15) is 0 Å². The minimum absolute atomic E-state index is 0.603. The molecule has 1 aliphatic carbocycles. The molecule has 13 heavy (non-hydrogen) atoms. The molecule has 2 rings (SSSR count). The van der Waals surface area contributed by atoms with E-state index in [-0.39, 0.29) is 0 Å². The van der Waals surface area contributed by atoms with Crippen LogP contribution in [0.5, 0.6) is 0 Å². The number of hydrogen-bond acceptors (Lipinski definition) is 2. The SMILES string of the molecule is C#CCN1CC(C2CC2)NCC1C. The average Bonchev–Trinajstić information content (AvgIpc) is 2.92. The zero-order valence-electron chi connectivity index (χ0n) is 8.29. The van der Waals surface area contributed by atoms with Crippen LogP contribution in [0.15, 0.2) is 0 Å². The number of piperazine rings is 1. The summed E-state index contributed by atoms with van der Waals surface area (Å²) >= 11 is 0. The van der Waals surface area contributed by atoms with Gasteiger partial charge in [0.2, 0.25) is 0 Å². The Kier molecular flexibility index (Phi) is 2.57. The fourth-order valence-corrected chi connectivity index (χ4v) is 2.10. The molecule has 0 amide bonds. The van der Waals surface area contributed by atoms with Gasteiger partial charge in [-0.05, 0) is 25.7 Å². The summed E-state index contributed by atoms with van der Waals surface area (Å²) in [4.78, 5) is 2.42. The molecule has 1 N–H and O–H groups in total.